The highest BCUT2D eigenvalue weighted by molar-refractivity contribution is 7.39. The quantitative estimate of drug-likeness (QED) is 0.433. The maximum absolute atomic E-state index is 13.1. The monoisotopic (exact) mass is 465 g/mol. The van der Waals surface area contributed by atoms with Gasteiger partial charge in [0.1, 0.15) is 28.2 Å². The van der Waals surface area contributed by atoms with Crippen molar-refractivity contribution in [3.8, 4) is 22.8 Å². The molecule has 1 saturated heterocycles. The van der Waals surface area contributed by atoms with Crippen LogP contribution in [0.3, 0.4) is 0 Å². The first-order valence-corrected chi connectivity index (χ1v) is 11.1. The van der Waals surface area contributed by atoms with Gasteiger partial charge in [0.25, 0.3) is 0 Å². The number of hydrogen-bond acceptors (Lipinski definition) is 8. The molecule has 164 valence electrons. The summed E-state index contributed by atoms with van der Waals surface area (Å²) in [4.78, 5) is 33.7. The molecular weight excluding hydrogens is 445 g/mol. The lowest BCUT2D eigenvalue weighted by atomic mass is 9.85. The zero-order chi connectivity index (χ0) is 22.3. The van der Waals surface area contributed by atoms with Gasteiger partial charge in [-0.2, -0.15) is 0 Å². The van der Waals surface area contributed by atoms with Gasteiger partial charge < -0.3 is 33.8 Å². The van der Waals surface area contributed by atoms with Crippen molar-refractivity contribution in [1.29, 1.82) is 0 Å². The van der Waals surface area contributed by atoms with Gasteiger partial charge in [-0.25, -0.2) is 0 Å². The maximum Gasteiger partial charge on any atom is 0.391 e. The highest BCUT2D eigenvalue weighted by Crippen LogP contribution is 2.45. The number of nitrogens with zero attached hydrogens (tertiary/aromatic N) is 1. The van der Waals surface area contributed by atoms with Crippen molar-refractivity contribution in [2.75, 3.05) is 20.1 Å². The van der Waals surface area contributed by atoms with Gasteiger partial charge in [-0.15, -0.1) is 0 Å². The summed E-state index contributed by atoms with van der Waals surface area (Å²) in [6, 6.07) is 9.22. The van der Waals surface area contributed by atoms with E-state index in [1.165, 1.54) is 6.07 Å². The fourth-order valence-corrected chi connectivity index (χ4v) is 4.59. The minimum Gasteiger partial charge on any atom is -0.507 e. The molecule has 4 N–H and O–H groups in total. The number of aliphatic hydroxyl groups is 1. The lowest BCUT2D eigenvalue weighted by molar-refractivity contribution is 0.0631. The van der Waals surface area contributed by atoms with Gasteiger partial charge in [0, 0.05) is 35.7 Å². The molecule has 0 spiro atoms. The number of piperidine rings is 1. The van der Waals surface area contributed by atoms with E-state index >= 15 is 0 Å². The molecule has 0 aliphatic carbocycles. The van der Waals surface area contributed by atoms with Crippen LogP contribution in [0.1, 0.15) is 17.9 Å². The van der Waals surface area contributed by atoms with Crippen molar-refractivity contribution in [2.24, 2.45) is 0 Å². The molecule has 1 aromatic heterocycles. The lowest BCUT2D eigenvalue weighted by Gasteiger charge is -2.34. The van der Waals surface area contributed by atoms with Gasteiger partial charge in [-0.1, -0.05) is 23.7 Å². The number of aliphatic hydroxyl groups excluding tert-OH is 1. The number of β-amino-alcohol motifs (C(OH)–C–C–N with tert-alkyl or cyclic N) is 1. The fraction of sp³-hybridized carbons (Fsp3) is 0.286. The first-order chi connectivity index (χ1) is 14.8. The van der Waals surface area contributed by atoms with Crippen LogP contribution in [0.4, 0.5) is 0 Å². The molecule has 2 atom stereocenters. The third-order valence-corrected chi connectivity index (χ3v) is 6.15. The number of likely N-dealkylation sites (N-methyl/N-ethyl adjacent to an activating group) is 1. The van der Waals surface area contributed by atoms with Crippen LogP contribution in [0.15, 0.2) is 45.6 Å². The number of phenolic OH excluding ortho intramolecular Hbond substituents is 1. The Morgan fingerprint density at radius 3 is 2.68 bits per heavy atom. The Labute approximate surface area is 183 Å². The van der Waals surface area contributed by atoms with Gasteiger partial charge in [0.15, 0.2) is 5.43 Å². The molecule has 8 nitrogen and oxygen atoms in total. The lowest BCUT2D eigenvalue weighted by Crippen LogP contribution is -2.40. The topological polar surface area (TPSA) is 124 Å². The predicted octanol–water partition coefficient (Wildman–Crippen LogP) is 3.19. The van der Waals surface area contributed by atoms with E-state index in [9.17, 15) is 24.8 Å². The summed E-state index contributed by atoms with van der Waals surface area (Å²) in [5.74, 6) is -0.803. The highest BCUT2D eigenvalue weighted by Gasteiger charge is 2.33. The van der Waals surface area contributed by atoms with Crippen molar-refractivity contribution in [3.63, 3.8) is 0 Å². The standard InChI is InChI=1S/C21H21ClNO7P/c1-23-7-6-12(16(26)10-23)19-14(24)9-18(30-31(27)28)20-15(25)8-17(29-21(19)20)11-4-2-3-5-13(11)22/h2-5,8-9,12,16,24,26-28H,6-7,10H2,1H3. The van der Waals surface area contributed by atoms with E-state index in [-0.39, 0.29) is 33.8 Å². The molecule has 10 heteroatoms. The van der Waals surface area contributed by atoms with Crippen LogP contribution in [0.25, 0.3) is 22.3 Å². The fourth-order valence-electron chi connectivity index (χ4n) is 4.05. The molecule has 1 aliphatic heterocycles. The minimum atomic E-state index is -2.84. The summed E-state index contributed by atoms with van der Waals surface area (Å²) in [6.45, 7) is 1.06. The zero-order valence-electron chi connectivity index (χ0n) is 16.5. The van der Waals surface area contributed by atoms with E-state index in [2.05, 4.69) is 0 Å². The van der Waals surface area contributed by atoms with Crippen LogP contribution in [-0.4, -0.2) is 51.1 Å². The van der Waals surface area contributed by atoms with E-state index < -0.39 is 26.1 Å². The van der Waals surface area contributed by atoms with Gasteiger partial charge >= 0.3 is 8.60 Å². The Kier molecular flexibility index (Phi) is 6.21. The number of fused-ring (bicyclic) bond motifs is 1. The van der Waals surface area contributed by atoms with Gasteiger partial charge in [0.05, 0.1) is 11.1 Å². The molecule has 1 fully saturated rings. The van der Waals surface area contributed by atoms with Crippen LogP contribution < -0.4 is 9.95 Å². The van der Waals surface area contributed by atoms with Crippen molar-refractivity contribution in [2.45, 2.75) is 18.4 Å². The van der Waals surface area contributed by atoms with Crippen molar-refractivity contribution >= 4 is 31.2 Å². The molecule has 0 radical (unpaired) electrons. The summed E-state index contributed by atoms with van der Waals surface area (Å²) >= 11 is 6.28. The van der Waals surface area contributed by atoms with Crippen LogP contribution in [0, 0.1) is 0 Å². The maximum atomic E-state index is 13.1. The minimum absolute atomic E-state index is 0.0165. The van der Waals surface area contributed by atoms with Crippen molar-refractivity contribution in [1.82, 2.24) is 4.90 Å². The molecule has 31 heavy (non-hydrogen) atoms. The van der Waals surface area contributed by atoms with E-state index in [0.717, 1.165) is 6.07 Å². The third kappa shape index (κ3) is 4.28. The molecule has 0 bridgehead atoms. The zero-order valence-corrected chi connectivity index (χ0v) is 18.2. The summed E-state index contributed by atoms with van der Waals surface area (Å²) in [7, 11) is -0.955. The molecular formula is C21H21ClNO7P. The number of benzene rings is 2. The molecule has 3 aromatic rings. The summed E-state index contributed by atoms with van der Waals surface area (Å²) < 4.78 is 11.1. The Morgan fingerprint density at radius 1 is 1.26 bits per heavy atom. The second kappa shape index (κ2) is 8.74. The molecule has 2 aromatic carbocycles. The number of phenols is 1. The molecule has 2 unspecified atom stereocenters. The average Bonchev–Trinajstić information content (AvgIpc) is 2.68. The first-order valence-electron chi connectivity index (χ1n) is 9.57. The molecule has 2 heterocycles. The summed E-state index contributed by atoms with van der Waals surface area (Å²) in [5, 5.41) is 21.8. The number of aromatic hydroxyl groups is 1. The van der Waals surface area contributed by atoms with Crippen LogP contribution in [0.2, 0.25) is 5.02 Å². The number of hydrogen-bond donors (Lipinski definition) is 4. The average molecular weight is 466 g/mol. The molecule has 0 amide bonds. The molecule has 0 saturated carbocycles. The van der Waals surface area contributed by atoms with Crippen LogP contribution in [0.5, 0.6) is 11.5 Å². The van der Waals surface area contributed by atoms with Gasteiger partial charge in [0.2, 0.25) is 0 Å². The van der Waals surface area contributed by atoms with Crippen molar-refractivity contribution < 1.29 is 28.9 Å². The number of halogens is 1. The van der Waals surface area contributed by atoms with Gasteiger partial charge in [-0.05, 0) is 32.1 Å². The molecule has 4 rings (SSSR count). The van der Waals surface area contributed by atoms with E-state index in [4.69, 9.17) is 20.5 Å². The third-order valence-electron chi connectivity index (χ3n) is 5.46. The van der Waals surface area contributed by atoms with E-state index in [0.29, 0.717) is 30.1 Å². The van der Waals surface area contributed by atoms with E-state index in [1.807, 2.05) is 11.9 Å². The summed E-state index contributed by atoms with van der Waals surface area (Å²) in [5.41, 5.74) is 0.263. The second-order valence-electron chi connectivity index (χ2n) is 7.54. The Bertz CT molecular complexity index is 1180. The first kappa shape index (κ1) is 22.0. The normalized spacial score (nSPS) is 19.8. The van der Waals surface area contributed by atoms with Crippen LogP contribution >= 0.6 is 20.2 Å². The number of rotatable bonds is 4. The van der Waals surface area contributed by atoms with E-state index in [1.54, 1.807) is 24.3 Å². The largest absolute Gasteiger partial charge is 0.507 e. The Hall–Kier alpha value is -2.19. The van der Waals surface area contributed by atoms with Gasteiger partial charge in [-0.3, -0.25) is 4.79 Å². The SMILES string of the molecule is CN1CCC(c2c(O)cc(OP(O)O)c3c(=O)cc(-c4ccccc4Cl)oc23)C(O)C1. The number of likely N-dealkylation sites (tertiary alicyclic amines) is 1. The summed E-state index contributed by atoms with van der Waals surface area (Å²) in [6.07, 6.45) is -0.283. The van der Waals surface area contributed by atoms with Crippen molar-refractivity contribution in [3.05, 3.63) is 57.2 Å². The molecule has 1 aliphatic rings. The Morgan fingerprint density at radius 2 is 2.00 bits per heavy atom. The Balaban J connectivity index is 2.01. The predicted molar refractivity (Wildman–Crippen MR) is 117 cm³/mol. The van der Waals surface area contributed by atoms with Crippen LogP contribution in [-0.2, 0) is 0 Å². The smallest absolute Gasteiger partial charge is 0.391 e. The second-order valence-corrected chi connectivity index (χ2v) is 8.63. The highest BCUT2D eigenvalue weighted by atomic mass is 35.5.